The maximum Gasteiger partial charge on any atom is 0.125 e. The number of aryl methyl sites for hydroxylation is 3. The molecule has 3 heteroatoms. The van der Waals surface area contributed by atoms with Crippen molar-refractivity contribution in [3.05, 3.63) is 52.6 Å². The molecule has 3 nitrogen and oxygen atoms in total. The molecule has 2 N–H and O–H groups in total. The van der Waals surface area contributed by atoms with Gasteiger partial charge in [-0.1, -0.05) is 18.2 Å². The van der Waals surface area contributed by atoms with E-state index in [1.807, 2.05) is 25.1 Å². The van der Waals surface area contributed by atoms with E-state index in [2.05, 4.69) is 32.9 Å². The van der Waals surface area contributed by atoms with Crippen molar-refractivity contribution in [2.75, 3.05) is 18.9 Å². The second-order valence-electron chi connectivity index (χ2n) is 5.37. The van der Waals surface area contributed by atoms with Gasteiger partial charge >= 0.3 is 0 Å². The summed E-state index contributed by atoms with van der Waals surface area (Å²) in [6, 6.07) is 9.93. The third kappa shape index (κ3) is 3.69. The van der Waals surface area contributed by atoms with Crippen LogP contribution < -0.4 is 15.2 Å². The molecule has 0 bridgehead atoms. The summed E-state index contributed by atoms with van der Waals surface area (Å²) in [6.45, 7) is 9.22. The highest BCUT2D eigenvalue weighted by atomic mass is 16.5. The van der Waals surface area contributed by atoms with Crippen LogP contribution in [0, 0.1) is 27.7 Å². The number of anilines is 1. The molecule has 0 radical (unpaired) electrons. The van der Waals surface area contributed by atoms with Crippen molar-refractivity contribution in [2.45, 2.75) is 27.7 Å². The Kier molecular flexibility index (Phi) is 4.73. The molecule has 0 atom stereocenters. The van der Waals surface area contributed by atoms with Crippen molar-refractivity contribution in [1.82, 2.24) is 0 Å². The Labute approximate surface area is 126 Å². The van der Waals surface area contributed by atoms with Crippen molar-refractivity contribution in [3.8, 4) is 11.5 Å². The van der Waals surface area contributed by atoms with E-state index in [4.69, 9.17) is 15.2 Å². The van der Waals surface area contributed by atoms with E-state index in [1.54, 1.807) is 0 Å². The molecular weight excluding hydrogens is 262 g/mol. The fraction of sp³-hybridized carbons (Fsp3) is 0.333. The lowest BCUT2D eigenvalue weighted by Crippen LogP contribution is -2.10. The molecular formula is C18H23NO2. The van der Waals surface area contributed by atoms with Gasteiger partial charge in [-0.15, -0.1) is 0 Å². The standard InChI is InChI=1S/C18H23NO2/c1-12-5-6-14(3)18(15(12)4)21-10-9-20-16-8-7-13(2)17(19)11-16/h5-8,11H,9-10,19H2,1-4H3. The number of ether oxygens (including phenoxy) is 2. The van der Waals surface area contributed by atoms with Gasteiger partial charge in [0.15, 0.2) is 0 Å². The maximum absolute atomic E-state index is 5.87. The summed E-state index contributed by atoms with van der Waals surface area (Å²) >= 11 is 0. The van der Waals surface area contributed by atoms with E-state index in [0.29, 0.717) is 13.2 Å². The normalized spacial score (nSPS) is 10.5. The molecule has 0 fully saturated rings. The molecule has 0 aromatic heterocycles. The predicted octanol–water partition coefficient (Wildman–Crippen LogP) is 3.96. The summed E-state index contributed by atoms with van der Waals surface area (Å²) in [7, 11) is 0. The number of benzene rings is 2. The van der Waals surface area contributed by atoms with Crippen LogP contribution in [0.4, 0.5) is 5.69 Å². The SMILES string of the molecule is Cc1ccc(OCCOc2c(C)ccc(C)c2C)cc1N. The summed E-state index contributed by atoms with van der Waals surface area (Å²) in [6.07, 6.45) is 0. The molecule has 0 unspecified atom stereocenters. The highest BCUT2D eigenvalue weighted by Gasteiger charge is 2.06. The fourth-order valence-corrected chi connectivity index (χ4v) is 2.16. The largest absolute Gasteiger partial charge is 0.490 e. The zero-order chi connectivity index (χ0) is 15.4. The monoisotopic (exact) mass is 285 g/mol. The van der Waals surface area contributed by atoms with Gasteiger partial charge in [-0.2, -0.15) is 0 Å². The van der Waals surface area contributed by atoms with Crippen LogP contribution in [0.2, 0.25) is 0 Å². The Balaban J connectivity index is 1.90. The number of nitrogens with two attached hydrogens (primary N) is 1. The second kappa shape index (κ2) is 6.53. The maximum atomic E-state index is 5.87. The van der Waals surface area contributed by atoms with Crippen molar-refractivity contribution in [2.24, 2.45) is 0 Å². The zero-order valence-electron chi connectivity index (χ0n) is 13.2. The molecule has 0 aliphatic carbocycles. The predicted molar refractivity (Wildman–Crippen MR) is 87.2 cm³/mol. The summed E-state index contributed by atoms with van der Waals surface area (Å²) in [5.74, 6) is 1.74. The van der Waals surface area contributed by atoms with Crippen LogP contribution in [0.25, 0.3) is 0 Å². The van der Waals surface area contributed by atoms with Crippen LogP contribution in [0.1, 0.15) is 22.3 Å². The number of nitrogen functional groups attached to an aromatic ring is 1. The van der Waals surface area contributed by atoms with Crippen LogP contribution in [0.3, 0.4) is 0 Å². The molecule has 2 aromatic carbocycles. The smallest absolute Gasteiger partial charge is 0.125 e. The molecule has 0 saturated heterocycles. The van der Waals surface area contributed by atoms with E-state index in [9.17, 15) is 0 Å². The van der Waals surface area contributed by atoms with Gasteiger partial charge in [0.05, 0.1) is 0 Å². The quantitative estimate of drug-likeness (QED) is 0.668. The Morgan fingerprint density at radius 3 is 2.14 bits per heavy atom. The third-order valence-electron chi connectivity index (χ3n) is 3.72. The van der Waals surface area contributed by atoms with Crippen molar-refractivity contribution >= 4 is 5.69 Å². The lowest BCUT2D eigenvalue weighted by Gasteiger charge is -2.14. The molecule has 21 heavy (non-hydrogen) atoms. The Hall–Kier alpha value is -2.16. The van der Waals surface area contributed by atoms with E-state index >= 15 is 0 Å². The van der Waals surface area contributed by atoms with Crippen molar-refractivity contribution < 1.29 is 9.47 Å². The minimum atomic E-state index is 0.495. The van der Waals surface area contributed by atoms with E-state index < -0.39 is 0 Å². The van der Waals surface area contributed by atoms with Crippen LogP contribution in [-0.4, -0.2) is 13.2 Å². The number of hydrogen-bond acceptors (Lipinski definition) is 3. The molecule has 0 saturated carbocycles. The lowest BCUT2D eigenvalue weighted by atomic mass is 10.1. The summed E-state index contributed by atoms with van der Waals surface area (Å²) in [5.41, 5.74) is 11.2. The van der Waals surface area contributed by atoms with E-state index in [0.717, 1.165) is 28.3 Å². The van der Waals surface area contributed by atoms with E-state index in [-0.39, 0.29) is 0 Å². The first-order valence-corrected chi connectivity index (χ1v) is 7.17. The van der Waals surface area contributed by atoms with Crippen LogP contribution >= 0.6 is 0 Å². The molecule has 0 spiro atoms. The summed E-state index contributed by atoms with van der Waals surface area (Å²) in [5, 5.41) is 0. The van der Waals surface area contributed by atoms with Crippen LogP contribution in [0.15, 0.2) is 30.3 Å². The number of hydrogen-bond donors (Lipinski definition) is 1. The minimum Gasteiger partial charge on any atom is -0.490 e. The summed E-state index contributed by atoms with van der Waals surface area (Å²) < 4.78 is 11.5. The van der Waals surface area contributed by atoms with Crippen molar-refractivity contribution in [3.63, 3.8) is 0 Å². The molecule has 0 heterocycles. The molecule has 112 valence electrons. The first-order chi connectivity index (χ1) is 9.99. The second-order valence-corrected chi connectivity index (χ2v) is 5.37. The first kappa shape index (κ1) is 15.2. The number of rotatable bonds is 5. The molecule has 2 aromatic rings. The average molecular weight is 285 g/mol. The lowest BCUT2D eigenvalue weighted by molar-refractivity contribution is 0.215. The van der Waals surface area contributed by atoms with Crippen LogP contribution in [-0.2, 0) is 0 Å². The summed E-state index contributed by atoms with van der Waals surface area (Å²) in [4.78, 5) is 0. The van der Waals surface area contributed by atoms with Crippen molar-refractivity contribution in [1.29, 1.82) is 0 Å². The van der Waals surface area contributed by atoms with Gasteiger partial charge in [0.2, 0.25) is 0 Å². The Morgan fingerprint density at radius 2 is 1.43 bits per heavy atom. The van der Waals surface area contributed by atoms with Gasteiger partial charge in [0.1, 0.15) is 24.7 Å². The highest BCUT2D eigenvalue weighted by molar-refractivity contribution is 5.50. The van der Waals surface area contributed by atoms with Gasteiger partial charge < -0.3 is 15.2 Å². The van der Waals surface area contributed by atoms with Gasteiger partial charge in [-0.05, 0) is 56.0 Å². The van der Waals surface area contributed by atoms with Crippen LogP contribution in [0.5, 0.6) is 11.5 Å². The van der Waals surface area contributed by atoms with Gasteiger partial charge in [-0.3, -0.25) is 0 Å². The van der Waals surface area contributed by atoms with Gasteiger partial charge in [0, 0.05) is 11.8 Å². The molecule has 0 aliphatic rings. The zero-order valence-corrected chi connectivity index (χ0v) is 13.2. The molecule has 0 amide bonds. The topological polar surface area (TPSA) is 44.5 Å². The first-order valence-electron chi connectivity index (χ1n) is 7.17. The fourth-order valence-electron chi connectivity index (χ4n) is 2.16. The third-order valence-corrected chi connectivity index (χ3v) is 3.72. The minimum absolute atomic E-state index is 0.495. The average Bonchev–Trinajstić information content (AvgIpc) is 2.46. The Bertz CT molecular complexity index is 635. The van der Waals surface area contributed by atoms with Gasteiger partial charge in [-0.25, -0.2) is 0 Å². The molecule has 0 aliphatic heterocycles. The molecule has 2 rings (SSSR count). The van der Waals surface area contributed by atoms with Gasteiger partial charge in [0.25, 0.3) is 0 Å². The Morgan fingerprint density at radius 1 is 0.810 bits per heavy atom. The van der Waals surface area contributed by atoms with E-state index in [1.165, 1.54) is 11.1 Å². The highest BCUT2D eigenvalue weighted by Crippen LogP contribution is 2.25.